The van der Waals surface area contributed by atoms with Crippen LogP contribution in [0.4, 0.5) is 0 Å². The van der Waals surface area contributed by atoms with E-state index in [4.69, 9.17) is 21.1 Å². The van der Waals surface area contributed by atoms with Gasteiger partial charge in [0.2, 0.25) is 0 Å². The van der Waals surface area contributed by atoms with Gasteiger partial charge in [0.15, 0.2) is 6.61 Å². The van der Waals surface area contributed by atoms with Crippen molar-refractivity contribution in [2.45, 2.75) is 44.8 Å². The monoisotopic (exact) mass is 453 g/mol. The molecule has 0 saturated heterocycles. The second-order valence-corrected chi connectivity index (χ2v) is 7.73. The van der Waals surface area contributed by atoms with Crippen LogP contribution in [0.5, 0.6) is 5.75 Å². The Morgan fingerprint density at radius 2 is 2.10 bits per heavy atom. The molecule has 0 heterocycles. The minimum absolute atomic E-state index is 0. The van der Waals surface area contributed by atoms with Gasteiger partial charge in [-0.05, 0) is 73.6 Å². The van der Waals surface area contributed by atoms with Crippen molar-refractivity contribution in [2.75, 3.05) is 19.8 Å². The molecular formula is C23H29Cl2NO4. The highest BCUT2D eigenvalue weighted by molar-refractivity contribution is 6.30. The van der Waals surface area contributed by atoms with Crippen molar-refractivity contribution in [2.24, 2.45) is 0 Å². The van der Waals surface area contributed by atoms with Crippen LogP contribution in [0, 0.1) is 0 Å². The fraction of sp³-hybridized carbons (Fsp3) is 0.435. The summed E-state index contributed by atoms with van der Waals surface area (Å²) in [4.78, 5) is 11.5. The number of carbonyl (C=O) groups excluding carboxylic acids is 1. The van der Waals surface area contributed by atoms with E-state index in [1.54, 1.807) is 19.1 Å². The Morgan fingerprint density at radius 3 is 2.87 bits per heavy atom. The number of hydrogen-bond acceptors (Lipinski definition) is 5. The smallest absolute Gasteiger partial charge is 0.344 e. The first-order valence-electron chi connectivity index (χ1n) is 10.1. The van der Waals surface area contributed by atoms with E-state index < -0.39 is 6.10 Å². The normalized spacial score (nSPS) is 16.6. The van der Waals surface area contributed by atoms with Gasteiger partial charge < -0.3 is 19.9 Å². The number of aliphatic hydroxyl groups excluding tert-OH is 1. The lowest BCUT2D eigenvalue weighted by Crippen LogP contribution is -2.34. The Labute approximate surface area is 189 Å². The number of benzene rings is 2. The first-order chi connectivity index (χ1) is 14.0. The van der Waals surface area contributed by atoms with Crippen LogP contribution in [0.15, 0.2) is 42.5 Å². The van der Waals surface area contributed by atoms with E-state index in [0.29, 0.717) is 23.9 Å². The Bertz CT molecular complexity index is 831. The zero-order valence-corrected chi connectivity index (χ0v) is 18.7. The molecule has 164 valence electrons. The fourth-order valence-electron chi connectivity index (χ4n) is 3.66. The second kappa shape index (κ2) is 12.2. The summed E-state index contributed by atoms with van der Waals surface area (Å²) in [5.74, 6) is 0.313. The van der Waals surface area contributed by atoms with Gasteiger partial charge in [-0.1, -0.05) is 29.8 Å². The molecule has 0 bridgehead atoms. The molecule has 7 heteroatoms. The highest BCUT2D eigenvalue weighted by Crippen LogP contribution is 2.26. The molecule has 3 rings (SSSR count). The second-order valence-electron chi connectivity index (χ2n) is 7.30. The third kappa shape index (κ3) is 7.17. The van der Waals surface area contributed by atoms with Crippen molar-refractivity contribution in [3.05, 3.63) is 64.2 Å². The van der Waals surface area contributed by atoms with Crippen molar-refractivity contribution >= 4 is 30.0 Å². The van der Waals surface area contributed by atoms with Gasteiger partial charge in [0.1, 0.15) is 5.75 Å². The van der Waals surface area contributed by atoms with Crippen LogP contribution in [0.3, 0.4) is 0 Å². The lowest BCUT2D eigenvalue weighted by Gasteiger charge is -2.20. The minimum Gasteiger partial charge on any atom is -0.482 e. The maximum Gasteiger partial charge on any atom is 0.344 e. The molecule has 0 aliphatic heterocycles. The maximum absolute atomic E-state index is 11.5. The molecule has 1 aliphatic rings. The Kier molecular flexibility index (Phi) is 9.92. The van der Waals surface area contributed by atoms with Gasteiger partial charge >= 0.3 is 5.97 Å². The van der Waals surface area contributed by atoms with E-state index in [1.165, 1.54) is 11.1 Å². The van der Waals surface area contributed by atoms with Crippen LogP contribution in [0.1, 0.15) is 42.6 Å². The predicted molar refractivity (Wildman–Crippen MR) is 121 cm³/mol. The molecule has 0 unspecified atom stereocenters. The maximum atomic E-state index is 11.5. The Morgan fingerprint density at radius 1 is 1.27 bits per heavy atom. The molecule has 0 aromatic heterocycles. The summed E-state index contributed by atoms with van der Waals surface area (Å²) in [5, 5.41) is 14.6. The largest absolute Gasteiger partial charge is 0.482 e. The predicted octanol–water partition coefficient (Wildman–Crippen LogP) is 4.27. The SMILES string of the molecule is CCOC(=O)COc1ccc2c(c1)C[C@@H](NC[C@H](O)c1cccc(Cl)c1)CCC2.Cl. The summed E-state index contributed by atoms with van der Waals surface area (Å²) >= 11 is 6.02. The van der Waals surface area contributed by atoms with Gasteiger partial charge in [-0.2, -0.15) is 0 Å². The number of ether oxygens (including phenoxy) is 2. The van der Waals surface area contributed by atoms with Gasteiger partial charge in [-0.25, -0.2) is 4.79 Å². The van der Waals surface area contributed by atoms with E-state index in [1.807, 2.05) is 24.3 Å². The third-order valence-corrected chi connectivity index (χ3v) is 5.37. The van der Waals surface area contributed by atoms with Crippen LogP contribution in [0.2, 0.25) is 5.02 Å². The number of fused-ring (bicyclic) bond motifs is 1. The number of halogens is 2. The highest BCUT2D eigenvalue weighted by atomic mass is 35.5. The van der Waals surface area contributed by atoms with Crippen LogP contribution >= 0.6 is 24.0 Å². The van der Waals surface area contributed by atoms with E-state index in [0.717, 1.165) is 31.2 Å². The fourth-order valence-corrected chi connectivity index (χ4v) is 3.86. The van der Waals surface area contributed by atoms with Crippen molar-refractivity contribution in [1.82, 2.24) is 5.32 Å². The quantitative estimate of drug-likeness (QED) is 0.461. The van der Waals surface area contributed by atoms with Crippen molar-refractivity contribution in [3.8, 4) is 5.75 Å². The first-order valence-corrected chi connectivity index (χ1v) is 10.5. The summed E-state index contributed by atoms with van der Waals surface area (Å²) in [6.45, 7) is 2.51. The van der Waals surface area contributed by atoms with Crippen molar-refractivity contribution in [3.63, 3.8) is 0 Å². The molecule has 0 spiro atoms. The summed E-state index contributed by atoms with van der Waals surface area (Å²) in [5.41, 5.74) is 3.35. The molecule has 5 nitrogen and oxygen atoms in total. The molecule has 0 fully saturated rings. The molecule has 30 heavy (non-hydrogen) atoms. The number of nitrogens with one attached hydrogen (secondary N) is 1. The molecule has 0 saturated carbocycles. The number of carbonyl (C=O) groups is 1. The first kappa shape index (κ1) is 24.5. The van der Waals surface area contributed by atoms with E-state index in [2.05, 4.69) is 11.4 Å². The standard InChI is InChI=1S/C23H28ClNO4.ClH/c1-2-28-23(27)15-29-21-10-9-16-5-4-8-20(12-18(16)13-21)25-14-22(26)17-6-3-7-19(24)11-17;/h3,6-7,9-11,13,20,22,25-26H,2,4-5,8,12,14-15H2,1H3;1H/t20-,22-;/m0./s1. The van der Waals surface area contributed by atoms with Gasteiger partial charge in [0, 0.05) is 17.6 Å². The lowest BCUT2D eigenvalue weighted by atomic mass is 10.0. The van der Waals surface area contributed by atoms with Gasteiger partial charge in [-0.15, -0.1) is 12.4 Å². The highest BCUT2D eigenvalue weighted by Gasteiger charge is 2.19. The number of hydrogen-bond donors (Lipinski definition) is 2. The molecular weight excluding hydrogens is 425 g/mol. The van der Waals surface area contributed by atoms with Gasteiger partial charge in [0.25, 0.3) is 0 Å². The third-order valence-electron chi connectivity index (χ3n) is 5.14. The average Bonchev–Trinajstić information content (AvgIpc) is 2.92. The molecule has 1 aliphatic carbocycles. The van der Waals surface area contributed by atoms with Crippen molar-refractivity contribution < 1.29 is 19.4 Å². The molecule has 2 atom stereocenters. The summed E-state index contributed by atoms with van der Waals surface area (Å²) in [7, 11) is 0. The topological polar surface area (TPSA) is 67.8 Å². The van der Waals surface area contributed by atoms with Gasteiger partial charge in [-0.3, -0.25) is 0 Å². The summed E-state index contributed by atoms with van der Waals surface area (Å²) in [6.07, 6.45) is 3.39. The average molecular weight is 454 g/mol. The van der Waals surface area contributed by atoms with Gasteiger partial charge in [0.05, 0.1) is 12.7 Å². The number of esters is 1. The zero-order chi connectivity index (χ0) is 20.6. The molecule has 2 aromatic carbocycles. The van der Waals surface area contributed by atoms with E-state index in [9.17, 15) is 9.90 Å². The minimum atomic E-state index is -0.601. The number of aryl methyl sites for hydroxylation is 1. The lowest BCUT2D eigenvalue weighted by molar-refractivity contribution is -0.145. The molecule has 2 aromatic rings. The van der Waals surface area contributed by atoms with E-state index in [-0.39, 0.29) is 31.0 Å². The number of rotatable bonds is 8. The summed E-state index contributed by atoms with van der Waals surface area (Å²) < 4.78 is 10.5. The van der Waals surface area contributed by atoms with Crippen molar-refractivity contribution in [1.29, 1.82) is 0 Å². The summed E-state index contributed by atoms with van der Waals surface area (Å²) in [6, 6.07) is 13.6. The molecule has 0 amide bonds. The zero-order valence-electron chi connectivity index (χ0n) is 17.1. The van der Waals surface area contributed by atoms with Crippen LogP contribution in [0.25, 0.3) is 0 Å². The van der Waals surface area contributed by atoms with Crippen LogP contribution < -0.4 is 10.1 Å². The molecule has 2 N–H and O–H groups in total. The van der Waals surface area contributed by atoms with Crippen LogP contribution in [-0.4, -0.2) is 36.9 Å². The van der Waals surface area contributed by atoms with E-state index >= 15 is 0 Å². The molecule has 0 radical (unpaired) electrons. The Balaban J connectivity index is 0.00000320. The number of aliphatic hydroxyl groups is 1. The van der Waals surface area contributed by atoms with Crippen LogP contribution in [-0.2, 0) is 22.4 Å². The Hall–Kier alpha value is -1.79.